The third-order valence-electron chi connectivity index (χ3n) is 6.21. The zero-order valence-electron chi connectivity index (χ0n) is 20.9. The SMILES string of the molecule is CCCCCCCCCCCCCCCCCCCC=CC(=O)c1ccc(O)c(OC)c1. The Labute approximate surface area is 197 Å². The standard InChI is InChI=1S/C29H48O3/c1-3-4-5-6-7-8-9-10-11-12-13-14-15-16-17-18-19-20-21-22-27(30)26-23-24-28(31)29(25-26)32-2/h21-25,31H,3-20H2,1-2H3. The first-order valence-electron chi connectivity index (χ1n) is 13.3. The number of phenolic OH excluding ortho intramolecular Hbond substituents is 1. The summed E-state index contributed by atoms with van der Waals surface area (Å²) in [6, 6.07) is 4.70. The summed E-state index contributed by atoms with van der Waals surface area (Å²) in [6.45, 7) is 2.28. The second-order valence-corrected chi connectivity index (χ2v) is 9.10. The van der Waals surface area contributed by atoms with Gasteiger partial charge in [-0.1, -0.05) is 116 Å². The van der Waals surface area contributed by atoms with Crippen LogP contribution in [0.4, 0.5) is 0 Å². The molecule has 3 nitrogen and oxygen atoms in total. The number of rotatable bonds is 21. The fourth-order valence-corrected chi connectivity index (χ4v) is 4.10. The third-order valence-corrected chi connectivity index (χ3v) is 6.21. The Morgan fingerprint density at radius 2 is 1.25 bits per heavy atom. The molecular weight excluding hydrogens is 396 g/mol. The fraction of sp³-hybridized carbons (Fsp3) is 0.690. The van der Waals surface area contributed by atoms with E-state index in [0.29, 0.717) is 11.3 Å². The smallest absolute Gasteiger partial charge is 0.185 e. The molecule has 0 bridgehead atoms. The highest BCUT2D eigenvalue weighted by Crippen LogP contribution is 2.26. The van der Waals surface area contributed by atoms with Gasteiger partial charge in [-0.25, -0.2) is 0 Å². The van der Waals surface area contributed by atoms with Gasteiger partial charge in [0.05, 0.1) is 7.11 Å². The van der Waals surface area contributed by atoms with E-state index in [1.54, 1.807) is 18.2 Å². The van der Waals surface area contributed by atoms with Crippen LogP contribution in [0.25, 0.3) is 0 Å². The van der Waals surface area contributed by atoms with Gasteiger partial charge in [0.25, 0.3) is 0 Å². The highest BCUT2D eigenvalue weighted by Gasteiger charge is 2.07. The quantitative estimate of drug-likeness (QED) is 0.117. The summed E-state index contributed by atoms with van der Waals surface area (Å²) in [7, 11) is 1.48. The maximum atomic E-state index is 12.2. The van der Waals surface area contributed by atoms with Gasteiger partial charge in [-0.2, -0.15) is 0 Å². The van der Waals surface area contributed by atoms with E-state index in [0.717, 1.165) is 12.8 Å². The molecule has 32 heavy (non-hydrogen) atoms. The molecule has 0 heterocycles. The van der Waals surface area contributed by atoms with Gasteiger partial charge in [0.15, 0.2) is 17.3 Å². The number of hydrogen-bond acceptors (Lipinski definition) is 3. The number of carbonyl (C=O) groups excluding carboxylic acids is 1. The number of carbonyl (C=O) groups is 1. The number of methoxy groups -OCH3 is 1. The second kappa shape index (κ2) is 19.9. The van der Waals surface area contributed by atoms with Gasteiger partial charge < -0.3 is 9.84 Å². The molecule has 182 valence electrons. The number of benzene rings is 1. The van der Waals surface area contributed by atoms with Crippen molar-refractivity contribution >= 4 is 5.78 Å². The summed E-state index contributed by atoms with van der Waals surface area (Å²) in [5, 5.41) is 9.61. The lowest BCUT2D eigenvalue weighted by atomic mass is 10.0. The molecule has 3 heteroatoms. The van der Waals surface area contributed by atoms with Crippen LogP contribution in [-0.4, -0.2) is 18.0 Å². The molecule has 0 amide bonds. The summed E-state index contributed by atoms with van der Waals surface area (Å²) in [4.78, 5) is 12.2. The maximum absolute atomic E-state index is 12.2. The van der Waals surface area contributed by atoms with Crippen LogP contribution >= 0.6 is 0 Å². The molecule has 1 aromatic carbocycles. The van der Waals surface area contributed by atoms with Gasteiger partial charge in [0.2, 0.25) is 0 Å². The Kier molecular flexibility index (Phi) is 17.6. The monoisotopic (exact) mass is 444 g/mol. The highest BCUT2D eigenvalue weighted by molar-refractivity contribution is 6.04. The van der Waals surface area contributed by atoms with Crippen molar-refractivity contribution in [2.45, 2.75) is 122 Å². The third kappa shape index (κ3) is 14.3. The molecule has 0 saturated carbocycles. The number of ketones is 1. The van der Waals surface area contributed by atoms with Crippen LogP contribution in [0.5, 0.6) is 11.5 Å². The molecule has 0 aromatic heterocycles. The van der Waals surface area contributed by atoms with Crippen molar-refractivity contribution in [3.8, 4) is 11.5 Å². The van der Waals surface area contributed by atoms with Crippen LogP contribution < -0.4 is 4.74 Å². The summed E-state index contributed by atoms with van der Waals surface area (Å²) >= 11 is 0. The van der Waals surface area contributed by atoms with Crippen molar-refractivity contribution in [1.29, 1.82) is 0 Å². The van der Waals surface area contributed by atoms with Crippen molar-refractivity contribution < 1.29 is 14.6 Å². The molecule has 0 atom stereocenters. The average Bonchev–Trinajstić information content (AvgIpc) is 2.80. The van der Waals surface area contributed by atoms with Crippen molar-refractivity contribution in [3.63, 3.8) is 0 Å². The number of phenols is 1. The average molecular weight is 445 g/mol. The Morgan fingerprint density at radius 1 is 0.781 bits per heavy atom. The van der Waals surface area contributed by atoms with Crippen LogP contribution in [0.1, 0.15) is 133 Å². The largest absolute Gasteiger partial charge is 0.504 e. The normalized spacial score (nSPS) is 11.3. The van der Waals surface area contributed by atoms with E-state index in [1.165, 1.54) is 116 Å². The molecule has 0 aliphatic carbocycles. The molecule has 0 radical (unpaired) electrons. The molecule has 0 unspecified atom stereocenters. The summed E-state index contributed by atoms with van der Waals surface area (Å²) in [6.07, 6.45) is 28.0. The molecule has 0 aliphatic rings. The van der Waals surface area contributed by atoms with Crippen molar-refractivity contribution in [2.75, 3.05) is 7.11 Å². The lowest BCUT2D eigenvalue weighted by molar-refractivity contribution is 0.104. The number of ether oxygens (including phenoxy) is 1. The first-order valence-corrected chi connectivity index (χ1v) is 13.3. The molecule has 1 rings (SSSR count). The fourth-order valence-electron chi connectivity index (χ4n) is 4.10. The van der Waals surface area contributed by atoms with Gasteiger partial charge in [0.1, 0.15) is 0 Å². The molecular formula is C29H48O3. The number of aromatic hydroxyl groups is 1. The van der Waals surface area contributed by atoms with Crippen LogP contribution in [0.2, 0.25) is 0 Å². The first kappa shape index (κ1) is 28.3. The van der Waals surface area contributed by atoms with E-state index in [4.69, 9.17) is 4.74 Å². The van der Waals surface area contributed by atoms with E-state index in [9.17, 15) is 9.90 Å². The van der Waals surface area contributed by atoms with Gasteiger partial charge >= 0.3 is 0 Å². The van der Waals surface area contributed by atoms with Gasteiger partial charge in [-0.3, -0.25) is 4.79 Å². The Morgan fingerprint density at radius 3 is 1.72 bits per heavy atom. The Bertz CT molecular complexity index is 621. The van der Waals surface area contributed by atoms with Gasteiger partial charge in [-0.05, 0) is 37.1 Å². The van der Waals surface area contributed by atoms with E-state index >= 15 is 0 Å². The number of allylic oxidation sites excluding steroid dienone is 2. The molecule has 0 fully saturated rings. The molecule has 0 saturated heterocycles. The molecule has 1 aromatic rings. The summed E-state index contributed by atoms with van der Waals surface area (Å²) in [5.74, 6) is 0.337. The first-order chi connectivity index (χ1) is 15.7. The van der Waals surface area contributed by atoms with Crippen molar-refractivity contribution in [3.05, 3.63) is 35.9 Å². The molecule has 1 N–H and O–H groups in total. The van der Waals surface area contributed by atoms with E-state index in [2.05, 4.69) is 6.92 Å². The van der Waals surface area contributed by atoms with E-state index in [-0.39, 0.29) is 11.5 Å². The highest BCUT2D eigenvalue weighted by atomic mass is 16.5. The predicted octanol–water partition coefficient (Wildman–Crippen LogP) is 9.18. The summed E-state index contributed by atoms with van der Waals surface area (Å²) in [5.41, 5.74) is 0.540. The van der Waals surface area contributed by atoms with Gasteiger partial charge in [0, 0.05) is 5.56 Å². The molecule has 0 spiro atoms. The Hall–Kier alpha value is -1.77. The topological polar surface area (TPSA) is 46.5 Å². The summed E-state index contributed by atoms with van der Waals surface area (Å²) < 4.78 is 5.05. The zero-order valence-corrected chi connectivity index (χ0v) is 20.9. The minimum atomic E-state index is -0.0460. The number of hydrogen-bond donors (Lipinski definition) is 1. The minimum absolute atomic E-state index is 0.0460. The van der Waals surface area contributed by atoms with Crippen LogP contribution in [0.3, 0.4) is 0 Å². The predicted molar refractivity (Wildman–Crippen MR) is 137 cm³/mol. The molecule has 0 aliphatic heterocycles. The maximum Gasteiger partial charge on any atom is 0.185 e. The second-order valence-electron chi connectivity index (χ2n) is 9.10. The zero-order chi connectivity index (χ0) is 23.3. The number of unbranched alkanes of at least 4 members (excludes halogenated alkanes) is 17. The van der Waals surface area contributed by atoms with Crippen LogP contribution in [-0.2, 0) is 0 Å². The van der Waals surface area contributed by atoms with E-state index < -0.39 is 0 Å². The van der Waals surface area contributed by atoms with Crippen molar-refractivity contribution in [1.82, 2.24) is 0 Å². The van der Waals surface area contributed by atoms with Crippen LogP contribution in [0, 0.1) is 0 Å². The Balaban J connectivity index is 1.88. The lowest BCUT2D eigenvalue weighted by Gasteiger charge is -2.04. The van der Waals surface area contributed by atoms with Gasteiger partial charge in [-0.15, -0.1) is 0 Å². The van der Waals surface area contributed by atoms with E-state index in [1.807, 2.05) is 6.08 Å². The van der Waals surface area contributed by atoms with Crippen LogP contribution in [0.15, 0.2) is 30.4 Å². The lowest BCUT2D eigenvalue weighted by Crippen LogP contribution is -1.95. The van der Waals surface area contributed by atoms with Crippen molar-refractivity contribution in [2.24, 2.45) is 0 Å². The minimum Gasteiger partial charge on any atom is -0.504 e.